The van der Waals surface area contributed by atoms with Gasteiger partial charge < -0.3 is 0 Å². The van der Waals surface area contributed by atoms with Crippen molar-refractivity contribution in [1.29, 1.82) is 5.26 Å². The minimum Gasteiger partial charge on any atom is -0.294 e. The number of aryl methyl sites for hydroxylation is 2. The summed E-state index contributed by atoms with van der Waals surface area (Å²) in [6.07, 6.45) is 0.811. The molecule has 0 unspecified atom stereocenters. The van der Waals surface area contributed by atoms with Gasteiger partial charge in [-0.3, -0.25) is 4.79 Å². The number of benzene rings is 2. The number of rotatable bonds is 2. The number of nitrogens with zero attached hydrogens (tertiary/aromatic N) is 1. The molecule has 1 aliphatic carbocycles. The van der Waals surface area contributed by atoms with E-state index in [1.54, 1.807) is 44.2 Å². The number of hydrogen-bond acceptors (Lipinski definition) is 4. The SMILES string of the molecule is Cc1cc(C#N)cc(C)c1S(=O)(=O)c1cccc2c1CCC2=O. The van der Waals surface area contributed by atoms with Crippen molar-refractivity contribution in [3.8, 4) is 6.07 Å². The molecule has 0 spiro atoms. The zero-order chi connectivity index (χ0) is 16.8. The van der Waals surface area contributed by atoms with E-state index in [9.17, 15) is 13.2 Å². The van der Waals surface area contributed by atoms with E-state index in [0.29, 0.717) is 40.7 Å². The number of hydrogen-bond donors (Lipinski definition) is 0. The van der Waals surface area contributed by atoms with Gasteiger partial charge in [-0.25, -0.2) is 8.42 Å². The van der Waals surface area contributed by atoms with E-state index < -0.39 is 9.84 Å². The average molecular weight is 325 g/mol. The maximum Gasteiger partial charge on any atom is 0.207 e. The van der Waals surface area contributed by atoms with Gasteiger partial charge in [0.1, 0.15) is 0 Å². The first-order chi connectivity index (χ1) is 10.9. The van der Waals surface area contributed by atoms with E-state index in [1.807, 2.05) is 6.07 Å². The molecule has 0 bridgehead atoms. The third-order valence-corrected chi connectivity index (χ3v) is 6.33. The number of Topliss-reactive ketones (excluding diaryl/α,β-unsaturated/α-hetero) is 1. The summed E-state index contributed by atoms with van der Waals surface area (Å²) in [6.45, 7) is 3.38. The Morgan fingerprint density at radius 3 is 2.35 bits per heavy atom. The summed E-state index contributed by atoms with van der Waals surface area (Å²) in [5, 5.41) is 9.02. The Morgan fingerprint density at radius 2 is 1.74 bits per heavy atom. The van der Waals surface area contributed by atoms with Gasteiger partial charge in [0.05, 0.1) is 21.4 Å². The summed E-state index contributed by atoms with van der Waals surface area (Å²) < 4.78 is 26.3. The van der Waals surface area contributed by atoms with Gasteiger partial charge in [-0.05, 0) is 55.2 Å². The summed E-state index contributed by atoms with van der Waals surface area (Å²) >= 11 is 0. The first kappa shape index (κ1) is 15.4. The van der Waals surface area contributed by atoms with Gasteiger partial charge >= 0.3 is 0 Å². The number of fused-ring (bicyclic) bond motifs is 1. The van der Waals surface area contributed by atoms with Crippen molar-refractivity contribution in [1.82, 2.24) is 0 Å². The summed E-state index contributed by atoms with van der Waals surface area (Å²) in [7, 11) is -3.74. The molecule has 0 atom stereocenters. The summed E-state index contributed by atoms with van der Waals surface area (Å²) in [5.74, 6) is -0.00896. The highest BCUT2D eigenvalue weighted by Crippen LogP contribution is 2.34. The van der Waals surface area contributed by atoms with Crippen LogP contribution in [0, 0.1) is 25.2 Å². The maximum absolute atomic E-state index is 13.1. The Kier molecular flexibility index (Phi) is 3.57. The van der Waals surface area contributed by atoms with Crippen LogP contribution in [0.3, 0.4) is 0 Å². The first-order valence-electron chi connectivity index (χ1n) is 7.28. The van der Waals surface area contributed by atoms with Crippen molar-refractivity contribution in [3.63, 3.8) is 0 Å². The molecule has 0 amide bonds. The van der Waals surface area contributed by atoms with Crippen LogP contribution in [-0.4, -0.2) is 14.2 Å². The van der Waals surface area contributed by atoms with Gasteiger partial charge in [0, 0.05) is 12.0 Å². The number of carbonyl (C=O) groups is 1. The molecular formula is C18H15NO3S. The van der Waals surface area contributed by atoms with Crippen molar-refractivity contribution < 1.29 is 13.2 Å². The van der Waals surface area contributed by atoms with Crippen LogP contribution in [0.15, 0.2) is 40.1 Å². The predicted octanol–water partition coefficient (Wildman–Crippen LogP) is 3.14. The molecule has 2 aromatic carbocycles. The Balaban J connectivity index is 2.27. The van der Waals surface area contributed by atoms with Crippen LogP contribution >= 0.6 is 0 Å². The number of nitriles is 1. The molecule has 0 heterocycles. The molecule has 0 aromatic heterocycles. The summed E-state index contributed by atoms with van der Waals surface area (Å²) in [6, 6.07) is 10.0. The molecule has 3 rings (SSSR count). The highest BCUT2D eigenvalue weighted by molar-refractivity contribution is 7.91. The Labute approximate surface area is 135 Å². The molecule has 0 saturated carbocycles. The predicted molar refractivity (Wildman–Crippen MR) is 85.2 cm³/mol. The third-order valence-electron chi connectivity index (χ3n) is 4.18. The van der Waals surface area contributed by atoms with Crippen LogP contribution in [0.2, 0.25) is 0 Å². The van der Waals surface area contributed by atoms with Crippen molar-refractivity contribution in [2.75, 3.05) is 0 Å². The third kappa shape index (κ3) is 2.36. The van der Waals surface area contributed by atoms with Crippen LogP contribution in [0.25, 0.3) is 0 Å². The highest BCUT2D eigenvalue weighted by Gasteiger charge is 2.30. The fourth-order valence-electron chi connectivity index (χ4n) is 3.26. The van der Waals surface area contributed by atoms with Gasteiger partial charge in [-0.15, -0.1) is 0 Å². The molecule has 5 heteroatoms. The second-order valence-electron chi connectivity index (χ2n) is 5.76. The van der Waals surface area contributed by atoms with E-state index in [0.717, 1.165) is 0 Å². The molecule has 0 fully saturated rings. The molecule has 23 heavy (non-hydrogen) atoms. The monoisotopic (exact) mass is 325 g/mol. The van der Waals surface area contributed by atoms with Crippen LogP contribution in [0.5, 0.6) is 0 Å². The van der Waals surface area contributed by atoms with E-state index >= 15 is 0 Å². The second kappa shape index (κ2) is 5.32. The lowest BCUT2D eigenvalue weighted by atomic mass is 10.1. The van der Waals surface area contributed by atoms with Crippen molar-refractivity contribution in [2.24, 2.45) is 0 Å². The Morgan fingerprint density at radius 1 is 1.09 bits per heavy atom. The van der Waals surface area contributed by atoms with E-state index in [-0.39, 0.29) is 15.6 Å². The smallest absolute Gasteiger partial charge is 0.207 e. The first-order valence-corrected chi connectivity index (χ1v) is 8.76. The van der Waals surface area contributed by atoms with Gasteiger partial charge in [-0.1, -0.05) is 12.1 Å². The molecule has 0 saturated heterocycles. The molecule has 2 aromatic rings. The molecular weight excluding hydrogens is 310 g/mol. The molecule has 1 aliphatic rings. The molecule has 0 radical (unpaired) electrons. The number of carbonyl (C=O) groups excluding carboxylic acids is 1. The summed E-state index contributed by atoms with van der Waals surface area (Å²) in [5.41, 5.74) is 2.65. The zero-order valence-electron chi connectivity index (χ0n) is 12.9. The quantitative estimate of drug-likeness (QED) is 0.850. The number of sulfone groups is 1. The average Bonchev–Trinajstić information content (AvgIpc) is 2.87. The largest absolute Gasteiger partial charge is 0.294 e. The lowest BCUT2D eigenvalue weighted by Crippen LogP contribution is -2.10. The fraction of sp³-hybridized carbons (Fsp3) is 0.222. The van der Waals surface area contributed by atoms with E-state index in [4.69, 9.17) is 5.26 Å². The van der Waals surface area contributed by atoms with E-state index in [1.165, 1.54) is 0 Å². The molecule has 116 valence electrons. The Hall–Kier alpha value is -2.45. The second-order valence-corrected chi connectivity index (χ2v) is 7.61. The van der Waals surface area contributed by atoms with Crippen molar-refractivity contribution >= 4 is 15.6 Å². The Bertz CT molecular complexity index is 959. The lowest BCUT2D eigenvalue weighted by Gasteiger charge is -2.14. The van der Waals surface area contributed by atoms with Gasteiger partial charge in [-0.2, -0.15) is 5.26 Å². The van der Waals surface area contributed by atoms with Crippen LogP contribution in [-0.2, 0) is 16.3 Å². The minimum atomic E-state index is -3.74. The zero-order valence-corrected chi connectivity index (χ0v) is 13.7. The fourth-order valence-corrected chi connectivity index (χ4v) is 5.24. The van der Waals surface area contributed by atoms with Gasteiger partial charge in [0.25, 0.3) is 0 Å². The molecule has 4 nitrogen and oxygen atoms in total. The van der Waals surface area contributed by atoms with Crippen molar-refractivity contribution in [2.45, 2.75) is 36.5 Å². The topological polar surface area (TPSA) is 75.0 Å². The van der Waals surface area contributed by atoms with Crippen LogP contribution in [0.1, 0.15) is 39.0 Å². The maximum atomic E-state index is 13.1. The number of ketones is 1. The lowest BCUT2D eigenvalue weighted by molar-refractivity contribution is 0.0994. The normalized spacial score (nSPS) is 13.7. The molecule has 0 aliphatic heterocycles. The summed E-state index contributed by atoms with van der Waals surface area (Å²) in [4.78, 5) is 12.3. The molecule has 0 N–H and O–H groups in total. The van der Waals surface area contributed by atoms with Gasteiger partial charge in [0.15, 0.2) is 5.78 Å². The highest BCUT2D eigenvalue weighted by atomic mass is 32.2. The van der Waals surface area contributed by atoms with Crippen LogP contribution < -0.4 is 0 Å². The van der Waals surface area contributed by atoms with Gasteiger partial charge in [0.2, 0.25) is 9.84 Å². The minimum absolute atomic E-state index is 0.00896. The standard InChI is InChI=1S/C18H15NO3S/c1-11-8-13(10-19)9-12(2)18(11)23(21,22)17-5-3-4-14-15(17)6-7-16(14)20/h3-5,8-9H,6-7H2,1-2H3. The van der Waals surface area contributed by atoms with Crippen LogP contribution in [0.4, 0.5) is 0 Å². The van der Waals surface area contributed by atoms with Crippen molar-refractivity contribution in [3.05, 3.63) is 58.1 Å². The van der Waals surface area contributed by atoms with E-state index in [2.05, 4.69) is 0 Å².